The van der Waals surface area contributed by atoms with Crippen LogP contribution in [0.3, 0.4) is 0 Å². The Labute approximate surface area is 178 Å². The molecule has 1 aliphatic carbocycles. The third-order valence-electron chi connectivity index (χ3n) is 5.43. The van der Waals surface area contributed by atoms with Crippen LogP contribution in [0.2, 0.25) is 0 Å². The molecule has 3 rings (SSSR count). The molecule has 0 atom stereocenters. The van der Waals surface area contributed by atoms with E-state index in [1.54, 1.807) is 48.6 Å². The van der Waals surface area contributed by atoms with Crippen LogP contribution in [0.5, 0.6) is 5.75 Å². The number of sulfonamides is 1. The van der Waals surface area contributed by atoms with Crippen molar-refractivity contribution >= 4 is 27.7 Å². The number of carbonyl (C=O) groups excluding carboxylic acids is 1. The fraction of sp³-hybridized carbons (Fsp3) is 0.348. The van der Waals surface area contributed by atoms with Crippen LogP contribution in [0.1, 0.15) is 37.7 Å². The van der Waals surface area contributed by atoms with E-state index in [9.17, 15) is 13.2 Å². The van der Waals surface area contributed by atoms with Crippen LogP contribution >= 0.6 is 0 Å². The Morgan fingerprint density at radius 3 is 2.40 bits per heavy atom. The van der Waals surface area contributed by atoms with Crippen molar-refractivity contribution in [3.05, 3.63) is 60.2 Å². The maximum atomic E-state index is 12.7. The molecule has 1 fully saturated rings. The van der Waals surface area contributed by atoms with E-state index in [2.05, 4.69) is 4.72 Å². The summed E-state index contributed by atoms with van der Waals surface area (Å²) in [7, 11) is -0.415. The van der Waals surface area contributed by atoms with E-state index in [0.717, 1.165) is 18.4 Å². The summed E-state index contributed by atoms with van der Waals surface area (Å²) in [5.41, 5.74) is 1.14. The van der Waals surface area contributed by atoms with Crippen LogP contribution in [0, 0.1) is 0 Å². The number of carbonyl (C=O) groups is 1. The number of rotatable bonds is 7. The van der Waals surface area contributed by atoms with E-state index >= 15 is 0 Å². The maximum absolute atomic E-state index is 12.7. The fourth-order valence-electron chi connectivity index (χ4n) is 3.62. The second-order valence-electron chi connectivity index (χ2n) is 7.45. The van der Waals surface area contributed by atoms with Crippen LogP contribution < -0.4 is 9.46 Å². The number of benzene rings is 2. The first-order valence-corrected chi connectivity index (χ1v) is 11.6. The van der Waals surface area contributed by atoms with Gasteiger partial charge in [0.2, 0.25) is 5.91 Å². The van der Waals surface area contributed by atoms with Gasteiger partial charge in [-0.05, 0) is 48.7 Å². The normalized spacial score (nSPS) is 15.1. The molecule has 30 heavy (non-hydrogen) atoms. The topological polar surface area (TPSA) is 75.7 Å². The van der Waals surface area contributed by atoms with Crippen molar-refractivity contribution in [2.45, 2.75) is 43.0 Å². The first kappa shape index (κ1) is 21.9. The van der Waals surface area contributed by atoms with Gasteiger partial charge in [-0.2, -0.15) is 0 Å². The van der Waals surface area contributed by atoms with Crippen molar-refractivity contribution in [3.63, 3.8) is 0 Å². The summed E-state index contributed by atoms with van der Waals surface area (Å²) in [6.07, 6.45) is 8.96. The number of amides is 1. The van der Waals surface area contributed by atoms with Gasteiger partial charge >= 0.3 is 0 Å². The maximum Gasteiger partial charge on any atom is 0.262 e. The number of anilines is 1. The number of methoxy groups -OCH3 is 1. The van der Waals surface area contributed by atoms with Gasteiger partial charge in [-0.25, -0.2) is 8.42 Å². The Morgan fingerprint density at radius 2 is 1.73 bits per heavy atom. The molecule has 2 aromatic rings. The Balaban J connectivity index is 1.66. The summed E-state index contributed by atoms with van der Waals surface area (Å²) in [5, 5.41) is 0. The first-order valence-electron chi connectivity index (χ1n) is 10.1. The minimum absolute atomic E-state index is 0.0311. The Hall–Kier alpha value is -2.80. The SMILES string of the molecule is COc1ccccc1NS(=O)(=O)c1ccc(C=CC(=O)N(C)C2CCCCC2)cc1. The van der Waals surface area contributed by atoms with E-state index < -0.39 is 10.0 Å². The number of hydrogen-bond donors (Lipinski definition) is 1. The molecular weight excluding hydrogens is 400 g/mol. The molecule has 6 nitrogen and oxygen atoms in total. The molecule has 1 saturated carbocycles. The third kappa shape index (κ3) is 5.42. The van der Waals surface area contributed by atoms with Gasteiger partial charge in [-0.3, -0.25) is 9.52 Å². The summed E-state index contributed by atoms with van der Waals surface area (Å²) in [4.78, 5) is 14.4. The summed E-state index contributed by atoms with van der Waals surface area (Å²) >= 11 is 0. The fourth-order valence-corrected chi connectivity index (χ4v) is 4.69. The molecule has 1 N–H and O–H groups in total. The van der Waals surface area contributed by atoms with Gasteiger partial charge in [-0.1, -0.05) is 43.5 Å². The molecule has 0 saturated heterocycles. The molecule has 0 bridgehead atoms. The van der Waals surface area contributed by atoms with Crippen molar-refractivity contribution in [2.24, 2.45) is 0 Å². The average Bonchev–Trinajstić information content (AvgIpc) is 2.78. The summed E-state index contributed by atoms with van der Waals surface area (Å²) in [6.45, 7) is 0. The Kier molecular flexibility index (Phi) is 7.15. The number of para-hydroxylation sites is 2. The van der Waals surface area contributed by atoms with Crippen molar-refractivity contribution in [2.75, 3.05) is 18.9 Å². The summed E-state index contributed by atoms with van der Waals surface area (Å²) in [5.74, 6) is 0.415. The second-order valence-corrected chi connectivity index (χ2v) is 9.13. The molecule has 1 amide bonds. The number of hydrogen-bond acceptors (Lipinski definition) is 4. The van der Waals surface area contributed by atoms with Gasteiger partial charge in [0.1, 0.15) is 5.75 Å². The zero-order chi connectivity index (χ0) is 21.6. The highest BCUT2D eigenvalue weighted by Crippen LogP contribution is 2.26. The van der Waals surface area contributed by atoms with Gasteiger partial charge in [0.15, 0.2) is 0 Å². The highest BCUT2D eigenvalue weighted by molar-refractivity contribution is 7.92. The average molecular weight is 429 g/mol. The standard InChI is InChI=1S/C23H28N2O4S/c1-25(19-8-4-3-5-9-19)23(26)17-14-18-12-15-20(16-13-18)30(27,28)24-21-10-6-7-11-22(21)29-2/h6-7,10-17,19,24H,3-5,8-9H2,1-2H3. The summed E-state index contributed by atoms with van der Waals surface area (Å²) in [6, 6.07) is 13.5. The van der Waals surface area contributed by atoms with E-state index in [-0.39, 0.29) is 10.8 Å². The van der Waals surface area contributed by atoms with Gasteiger partial charge in [0, 0.05) is 19.2 Å². The largest absolute Gasteiger partial charge is 0.495 e. The first-order chi connectivity index (χ1) is 14.4. The van der Waals surface area contributed by atoms with Gasteiger partial charge in [0.05, 0.1) is 17.7 Å². The highest BCUT2D eigenvalue weighted by atomic mass is 32.2. The second kappa shape index (κ2) is 9.80. The predicted molar refractivity (Wildman–Crippen MR) is 119 cm³/mol. The Bertz CT molecular complexity index is 994. The molecule has 0 radical (unpaired) electrons. The van der Waals surface area contributed by atoms with E-state index in [4.69, 9.17) is 4.74 Å². The minimum Gasteiger partial charge on any atom is -0.495 e. The van der Waals surface area contributed by atoms with Crippen LogP contribution in [0.25, 0.3) is 6.08 Å². The van der Waals surface area contributed by atoms with E-state index in [1.165, 1.54) is 38.5 Å². The van der Waals surface area contributed by atoms with Crippen molar-refractivity contribution in [1.82, 2.24) is 4.90 Å². The zero-order valence-corrected chi connectivity index (χ0v) is 18.2. The Morgan fingerprint density at radius 1 is 1.07 bits per heavy atom. The molecule has 160 valence electrons. The molecule has 1 aliphatic rings. The molecule has 0 spiro atoms. The molecule has 2 aromatic carbocycles. The van der Waals surface area contributed by atoms with Crippen LogP contribution in [0.4, 0.5) is 5.69 Å². The quantitative estimate of drug-likeness (QED) is 0.667. The van der Waals surface area contributed by atoms with Crippen LogP contribution in [-0.2, 0) is 14.8 Å². The smallest absolute Gasteiger partial charge is 0.262 e. The number of likely N-dealkylation sites (N-methyl/N-ethyl adjacent to an activating group) is 1. The monoisotopic (exact) mass is 428 g/mol. The van der Waals surface area contributed by atoms with E-state index in [1.807, 2.05) is 11.9 Å². The lowest BCUT2D eigenvalue weighted by Gasteiger charge is -2.30. The number of nitrogens with one attached hydrogen (secondary N) is 1. The third-order valence-corrected chi connectivity index (χ3v) is 6.81. The highest BCUT2D eigenvalue weighted by Gasteiger charge is 2.20. The molecule has 0 unspecified atom stereocenters. The molecular formula is C23H28N2O4S. The molecule has 7 heteroatoms. The lowest BCUT2D eigenvalue weighted by molar-refractivity contribution is -0.127. The van der Waals surface area contributed by atoms with Crippen molar-refractivity contribution in [3.8, 4) is 5.75 Å². The van der Waals surface area contributed by atoms with Crippen LogP contribution in [0.15, 0.2) is 59.5 Å². The summed E-state index contributed by atoms with van der Waals surface area (Å²) < 4.78 is 33.1. The number of nitrogens with zero attached hydrogens (tertiary/aromatic N) is 1. The zero-order valence-electron chi connectivity index (χ0n) is 17.4. The predicted octanol–water partition coefficient (Wildman–Crippen LogP) is 4.30. The van der Waals surface area contributed by atoms with E-state index in [0.29, 0.717) is 17.5 Å². The lowest BCUT2D eigenvalue weighted by atomic mass is 9.94. The molecule has 0 aromatic heterocycles. The lowest BCUT2D eigenvalue weighted by Crippen LogP contribution is -2.37. The van der Waals surface area contributed by atoms with Crippen molar-refractivity contribution < 1.29 is 17.9 Å². The van der Waals surface area contributed by atoms with Crippen LogP contribution in [-0.4, -0.2) is 39.4 Å². The van der Waals surface area contributed by atoms with Gasteiger partial charge < -0.3 is 9.64 Å². The minimum atomic E-state index is -3.75. The van der Waals surface area contributed by atoms with Gasteiger partial charge in [0.25, 0.3) is 10.0 Å². The molecule has 0 aliphatic heterocycles. The van der Waals surface area contributed by atoms with Gasteiger partial charge in [-0.15, -0.1) is 0 Å². The molecule has 0 heterocycles. The number of ether oxygens (including phenoxy) is 1. The van der Waals surface area contributed by atoms with Crippen molar-refractivity contribution in [1.29, 1.82) is 0 Å².